The van der Waals surface area contributed by atoms with Crippen molar-refractivity contribution >= 4 is 11.8 Å². The number of amides is 2. The molecule has 0 bridgehead atoms. The van der Waals surface area contributed by atoms with Crippen LogP contribution in [0.3, 0.4) is 0 Å². The third-order valence-electron chi connectivity index (χ3n) is 5.21. The Kier molecular flexibility index (Phi) is 4.13. The fraction of sp³-hybridized carbons (Fsp3) is 0.556. The van der Waals surface area contributed by atoms with Crippen molar-refractivity contribution in [2.75, 3.05) is 0 Å². The first kappa shape index (κ1) is 16.0. The van der Waals surface area contributed by atoms with Crippen LogP contribution in [0.15, 0.2) is 24.3 Å². The maximum absolute atomic E-state index is 14.3. The molecule has 2 aliphatic rings. The summed E-state index contributed by atoms with van der Waals surface area (Å²) in [6.07, 6.45) is 3.63. The van der Waals surface area contributed by atoms with Crippen LogP contribution in [0, 0.1) is 5.82 Å². The summed E-state index contributed by atoms with van der Waals surface area (Å²) in [5.74, 6) is -0.343. The monoisotopic (exact) mass is 318 g/mol. The molecule has 124 valence electrons. The topological polar surface area (TPSA) is 49.4 Å². The number of fused-ring (bicyclic) bond motifs is 1. The first-order chi connectivity index (χ1) is 10.9. The van der Waals surface area contributed by atoms with Crippen LogP contribution < -0.4 is 5.32 Å². The maximum Gasteiger partial charge on any atom is 0.220 e. The zero-order chi connectivity index (χ0) is 16.6. The highest BCUT2D eigenvalue weighted by molar-refractivity contribution is 5.78. The Bertz CT molecular complexity index is 633. The van der Waals surface area contributed by atoms with Gasteiger partial charge in [0, 0.05) is 18.9 Å². The SMILES string of the molecule is CC(=O)N1[C@H]2CCCCC(=O)N[C@@]2(C)C[C@H]1c1ccccc1F. The number of halogens is 1. The second-order valence-corrected chi connectivity index (χ2v) is 6.89. The van der Waals surface area contributed by atoms with Gasteiger partial charge in [-0.15, -0.1) is 0 Å². The number of hydrogen-bond donors (Lipinski definition) is 1. The van der Waals surface area contributed by atoms with Gasteiger partial charge in [-0.3, -0.25) is 9.59 Å². The molecule has 3 rings (SSSR count). The molecule has 0 aromatic heterocycles. The Hall–Kier alpha value is -1.91. The van der Waals surface area contributed by atoms with E-state index >= 15 is 0 Å². The van der Waals surface area contributed by atoms with Crippen molar-refractivity contribution in [1.82, 2.24) is 10.2 Å². The van der Waals surface area contributed by atoms with E-state index in [1.165, 1.54) is 13.0 Å². The first-order valence-corrected chi connectivity index (χ1v) is 8.27. The summed E-state index contributed by atoms with van der Waals surface area (Å²) < 4.78 is 14.3. The molecule has 2 saturated heterocycles. The molecule has 4 nitrogen and oxygen atoms in total. The zero-order valence-electron chi connectivity index (χ0n) is 13.6. The van der Waals surface area contributed by atoms with Crippen LogP contribution in [0.2, 0.25) is 0 Å². The molecular formula is C18H23FN2O2. The van der Waals surface area contributed by atoms with Crippen LogP contribution in [0.25, 0.3) is 0 Å². The molecule has 5 heteroatoms. The third kappa shape index (κ3) is 2.84. The van der Waals surface area contributed by atoms with Crippen LogP contribution in [0.5, 0.6) is 0 Å². The van der Waals surface area contributed by atoms with Gasteiger partial charge >= 0.3 is 0 Å². The minimum atomic E-state index is -0.504. The minimum absolute atomic E-state index is 0.0230. The number of rotatable bonds is 1. The molecular weight excluding hydrogens is 295 g/mol. The normalized spacial score (nSPS) is 31.1. The van der Waals surface area contributed by atoms with Gasteiger partial charge < -0.3 is 10.2 Å². The molecule has 2 amide bonds. The van der Waals surface area contributed by atoms with Gasteiger partial charge in [-0.05, 0) is 32.3 Å². The van der Waals surface area contributed by atoms with Crippen LogP contribution in [0.1, 0.15) is 57.6 Å². The van der Waals surface area contributed by atoms with Gasteiger partial charge in [0.1, 0.15) is 5.82 Å². The predicted molar refractivity (Wildman–Crippen MR) is 85.1 cm³/mol. The van der Waals surface area contributed by atoms with Gasteiger partial charge in [0.05, 0.1) is 17.6 Å². The van der Waals surface area contributed by atoms with E-state index in [4.69, 9.17) is 0 Å². The Balaban J connectivity index is 2.02. The van der Waals surface area contributed by atoms with E-state index in [0.29, 0.717) is 18.4 Å². The molecule has 1 aromatic carbocycles. The number of nitrogens with zero attached hydrogens (tertiary/aromatic N) is 1. The van der Waals surface area contributed by atoms with Crippen LogP contribution >= 0.6 is 0 Å². The Labute approximate surface area is 136 Å². The lowest BCUT2D eigenvalue weighted by Gasteiger charge is -2.37. The highest BCUT2D eigenvalue weighted by Gasteiger charge is 2.52. The molecule has 0 unspecified atom stereocenters. The average Bonchev–Trinajstić information content (AvgIpc) is 2.74. The predicted octanol–water partition coefficient (Wildman–Crippen LogP) is 2.94. The number of nitrogens with one attached hydrogen (secondary N) is 1. The molecule has 2 fully saturated rings. The number of benzene rings is 1. The van der Waals surface area contributed by atoms with Crippen molar-refractivity contribution in [2.45, 2.75) is 63.6 Å². The third-order valence-corrected chi connectivity index (χ3v) is 5.21. The summed E-state index contributed by atoms with van der Waals surface area (Å²) >= 11 is 0. The average molecular weight is 318 g/mol. The molecule has 23 heavy (non-hydrogen) atoms. The van der Waals surface area contributed by atoms with E-state index in [9.17, 15) is 14.0 Å². The Morgan fingerprint density at radius 3 is 2.78 bits per heavy atom. The summed E-state index contributed by atoms with van der Waals surface area (Å²) in [6, 6.07) is 6.18. The summed E-state index contributed by atoms with van der Waals surface area (Å²) in [6.45, 7) is 3.51. The summed E-state index contributed by atoms with van der Waals surface area (Å²) in [4.78, 5) is 26.2. The van der Waals surface area contributed by atoms with Crippen LogP contribution in [0.4, 0.5) is 4.39 Å². The van der Waals surface area contributed by atoms with Gasteiger partial charge in [0.2, 0.25) is 11.8 Å². The van der Waals surface area contributed by atoms with Gasteiger partial charge in [0.25, 0.3) is 0 Å². The molecule has 1 N–H and O–H groups in total. The van der Waals surface area contributed by atoms with Crippen LogP contribution in [-0.2, 0) is 9.59 Å². The smallest absolute Gasteiger partial charge is 0.220 e. The van der Waals surface area contributed by atoms with Crippen LogP contribution in [-0.4, -0.2) is 28.3 Å². The molecule has 0 aliphatic carbocycles. The minimum Gasteiger partial charge on any atom is -0.349 e. The Morgan fingerprint density at radius 1 is 1.35 bits per heavy atom. The summed E-state index contributed by atoms with van der Waals surface area (Å²) in [5, 5.41) is 3.11. The van der Waals surface area contributed by atoms with Crippen molar-refractivity contribution in [2.24, 2.45) is 0 Å². The van der Waals surface area contributed by atoms with E-state index in [0.717, 1.165) is 19.3 Å². The quantitative estimate of drug-likeness (QED) is 0.865. The molecule has 0 radical (unpaired) electrons. The van der Waals surface area contributed by atoms with Crippen molar-refractivity contribution in [3.05, 3.63) is 35.6 Å². The largest absolute Gasteiger partial charge is 0.349 e. The van der Waals surface area contributed by atoms with E-state index in [1.807, 2.05) is 6.92 Å². The fourth-order valence-electron chi connectivity index (χ4n) is 4.20. The van der Waals surface area contributed by atoms with E-state index < -0.39 is 5.54 Å². The number of carbonyl (C=O) groups excluding carboxylic acids is 2. The lowest BCUT2D eigenvalue weighted by molar-refractivity contribution is -0.134. The molecule has 2 aliphatic heterocycles. The zero-order valence-corrected chi connectivity index (χ0v) is 13.6. The lowest BCUT2D eigenvalue weighted by Crippen LogP contribution is -2.56. The van der Waals surface area contributed by atoms with Crippen molar-refractivity contribution < 1.29 is 14.0 Å². The van der Waals surface area contributed by atoms with Crippen molar-refractivity contribution in [3.63, 3.8) is 0 Å². The number of carbonyl (C=O) groups is 2. The van der Waals surface area contributed by atoms with Gasteiger partial charge in [-0.1, -0.05) is 24.6 Å². The second kappa shape index (κ2) is 5.95. The van der Waals surface area contributed by atoms with Crippen molar-refractivity contribution in [1.29, 1.82) is 0 Å². The lowest BCUT2D eigenvalue weighted by atomic mass is 9.85. The number of hydrogen-bond acceptors (Lipinski definition) is 2. The first-order valence-electron chi connectivity index (χ1n) is 8.27. The molecule has 3 atom stereocenters. The summed E-state index contributed by atoms with van der Waals surface area (Å²) in [7, 11) is 0. The highest BCUT2D eigenvalue weighted by Crippen LogP contribution is 2.45. The fourth-order valence-corrected chi connectivity index (χ4v) is 4.20. The number of likely N-dealkylation sites (tertiary alicyclic amines) is 1. The molecule has 2 heterocycles. The molecule has 1 aromatic rings. The highest BCUT2D eigenvalue weighted by atomic mass is 19.1. The van der Waals surface area contributed by atoms with E-state index in [2.05, 4.69) is 5.32 Å². The second-order valence-electron chi connectivity index (χ2n) is 6.89. The molecule has 0 spiro atoms. The van der Waals surface area contributed by atoms with E-state index in [-0.39, 0.29) is 29.7 Å². The standard InChI is InChI=1S/C18H23FN2O2/c1-12(22)21-15(13-7-3-4-8-14(13)19)11-18(2)16(21)9-5-6-10-17(23)20-18/h3-4,7-8,15-16H,5-6,9-11H2,1-2H3,(H,20,23)/t15-,16-,18-/m0/s1. The van der Waals surface area contributed by atoms with E-state index in [1.54, 1.807) is 23.1 Å². The van der Waals surface area contributed by atoms with Gasteiger partial charge in [-0.25, -0.2) is 4.39 Å². The van der Waals surface area contributed by atoms with Gasteiger partial charge in [-0.2, -0.15) is 0 Å². The van der Waals surface area contributed by atoms with Crippen molar-refractivity contribution in [3.8, 4) is 0 Å². The summed E-state index contributed by atoms with van der Waals surface area (Å²) in [5.41, 5.74) is 0.0285. The maximum atomic E-state index is 14.3. The Morgan fingerprint density at radius 2 is 2.09 bits per heavy atom. The molecule has 0 saturated carbocycles. The van der Waals surface area contributed by atoms with Gasteiger partial charge in [0.15, 0.2) is 0 Å².